The Bertz CT molecular complexity index is 508. The predicted molar refractivity (Wildman–Crippen MR) is 81.0 cm³/mol. The van der Waals surface area contributed by atoms with Crippen molar-refractivity contribution < 1.29 is 19.4 Å². The smallest absolute Gasteiger partial charge is 0.326 e. The highest BCUT2D eigenvalue weighted by Crippen LogP contribution is 2.27. The van der Waals surface area contributed by atoms with Crippen molar-refractivity contribution in [1.82, 2.24) is 5.32 Å². The summed E-state index contributed by atoms with van der Waals surface area (Å²) in [7, 11) is 0. The topological polar surface area (TPSA) is 75.6 Å². The third kappa shape index (κ3) is 6.23. The number of carboxylic acid groups (broad SMARTS) is 1. The summed E-state index contributed by atoms with van der Waals surface area (Å²) in [5, 5.41) is 12.2. The Hall–Kier alpha value is -1.46. The number of hydrogen-bond donors (Lipinski definition) is 2. The fourth-order valence-corrected chi connectivity index (χ4v) is 2.10. The van der Waals surface area contributed by atoms with Gasteiger partial charge in [0.1, 0.15) is 11.8 Å². The number of benzene rings is 1. The highest BCUT2D eigenvalue weighted by Gasteiger charge is 2.19. The Morgan fingerprint density at radius 2 is 2.10 bits per heavy atom. The van der Waals surface area contributed by atoms with E-state index in [-0.39, 0.29) is 11.6 Å². The van der Waals surface area contributed by atoms with Gasteiger partial charge in [-0.3, -0.25) is 4.79 Å². The minimum absolute atomic E-state index is 0.288. The predicted octanol–water partition coefficient (Wildman–Crippen LogP) is 3.13. The maximum absolute atomic E-state index is 11.7. The van der Waals surface area contributed by atoms with Gasteiger partial charge in [0, 0.05) is 5.02 Å². The first-order chi connectivity index (χ1) is 9.93. The van der Waals surface area contributed by atoms with E-state index in [1.165, 1.54) is 6.07 Å². The lowest BCUT2D eigenvalue weighted by atomic mass is 10.1. The number of aliphatic carboxylic acids is 1. The third-order valence-electron chi connectivity index (χ3n) is 2.73. The summed E-state index contributed by atoms with van der Waals surface area (Å²) in [4.78, 5) is 22.7. The molecule has 1 aromatic rings. The van der Waals surface area contributed by atoms with Gasteiger partial charge in [0.2, 0.25) is 0 Å². The minimum Gasteiger partial charge on any atom is -0.482 e. The number of unbranched alkanes of at least 4 members (excludes halogenated alkanes) is 1. The number of carbonyl (C=O) groups is 2. The number of carboxylic acids is 1. The molecule has 0 saturated carbocycles. The molecule has 0 radical (unpaired) electrons. The second-order valence-electron chi connectivity index (χ2n) is 4.46. The Balaban J connectivity index is 2.50. The molecule has 2 N–H and O–H groups in total. The summed E-state index contributed by atoms with van der Waals surface area (Å²) in [5.74, 6) is -1.25. The molecule has 1 amide bonds. The van der Waals surface area contributed by atoms with Gasteiger partial charge in [0.15, 0.2) is 6.61 Å². The molecular weight excluding hydrogens is 317 g/mol. The summed E-state index contributed by atoms with van der Waals surface area (Å²) in [6.45, 7) is 1.64. The van der Waals surface area contributed by atoms with Gasteiger partial charge in [-0.25, -0.2) is 4.79 Å². The van der Waals surface area contributed by atoms with Crippen LogP contribution in [0.25, 0.3) is 0 Å². The van der Waals surface area contributed by atoms with E-state index in [1.807, 2.05) is 6.92 Å². The molecule has 0 aromatic heterocycles. The fourth-order valence-electron chi connectivity index (χ4n) is 1.64. The van der Waals surface area contributed by atoms with E-state index < -0.39 is 17.9 Å². The second kappa shape index (κ2) is 8.74. The SMILES string of the molecule is CCCCC(NC(=O)COc1ccc(Cl)cc1Cl)C(=O)O. The summed E-state index contributed by atoms with van der Waals surface area (Å²) in [5.41, 5.74) is 0. The molecule has 0 saturated heterocycles. The van der Waals surface area contributed by atoms with E-state index in [9.17, 15) is 9.59 Å². The van der Waals surface area contributed by atoms with Gasteiger partial charge >= 0.3 is 5.97 Å². The molecule has 0 heterocycles. The lowest BCUT2D eigenvalue weighted by molar-refractivity contribution is -0.142. The zero-order valence-electron chi connectivity index (χ0n) is 11.6. The Morgan fingerprint density at radius 1 is 1.38 bits per heavy atom. The molecule has 0 spiro atoms. The summed E-state index contributed by atoms with van der Waals surface area (Å²) in [6.07, 6.45) is 1.97. The molecule has 7 heteroatoms. The van der Waals surface area contributed by atoms with Crippen molar-refractivity contribution in [1.29, 1.82) is 0 Å². The summed E-state index contributed by atoms with van der Waals surface area (Å²) >= 11 is 11.6. The molecule has 0 aliphatic heterocycles. The van der Waals surface area contributed by atoms with Crippen LogP contribution in [0.1, 0.15) is 26.2 Å². The van der Waals surface area contributed by atoms with E-state index >= 15 is 0 Å². The van der Waals surface area contributed by atoms with Crippen LogP contribution in [0.2, 0.25) is 10.0 Å². The third-order valence-corrected chi connectivity index (χ3v) is 3.26. The highest BCUT2D eigenvalue weighted by molar-refractivity contribution is 6.35. The number of halogens is 2. The zero-order valence-corrected chi connectivity index (χ0v) is 13.1. The zero-order chi connectivity index (χ0) is 15.8. The molecule has 5 nitrogen and oxygen atoms in total. The monoisotopic (exact) mass is 333 g/mol. The molecule has 116 valence electrons. The van der Waals surface area contributed by atoms with Crippen molar-refractivity contribution >= 4 is 35.1 Å². The van der Waals surface area contributed by atoms with Gasteiger partial charge in [-0.05, 0) is 24.6 Å². The van der Waals surface area contributed by atoms with Gasteiger partial charge < -0.3 is 15.2 Å². The number of carbonyl (C=O) groups excluding carboxylic acids is 1. The van der Waals surface area contributed by atoms with Crippen LogP contribution in [0.5, 0.6) is 5.75 Å². The number of rotatable bonds is 8. The second-order valence-corrected chi connectivity index (χ2v) is 5.31. The van der Waals surface area contributed by atoms with Gasteiger partial charge in [0.25, 0.3) is 5.91 Å². The first kappa shape index (κ1) is 17.6. The molecule has 0 aliphatic carbocycles. The number of amides is 1. The molecule has 0 bridgehead atoms. The number of hydrogen-bond acceptors (Lipinski definition) is 3. The van der Waals surface area contributed by atoms with E-state index in [4.69, 9.17) is 33.0 Å². The molecule has 0 aliphatic rings. The first-order valence-corrected chi connectivity index (χ1v) is 7.29. The molecule has 21 heavy (non-hydrogen) atoms. The lowest BCUT2D eigenvalue weighted by Gasteiger charge is -2.14. The van der Waals surface area contributed by atoms with Crippen molar-refractivity contribution in [3.63, 3.8) is 0 Å². The van der Waals surface area contributed by atoms with Crippen LogP contribution in [0.15, 0.2) is 18.2 Å². The van der Waals surface area contributed by atoms with E-state index in [1.54, 1.807) is 12.1 Å². The molecule has 1 unspecified atom stereocenters. The van der Waals surface area contributed by atoms with Crippen LogP contribution < -0.4 is 10.1 Å². The van der Waals surface area contributed by atoms with Gasteiger partial charge in [-0.2, -0.15) is 0 Å². The van der Waals surface area contributed by atoms with Crippen LogP contribution in [-0.4, -0.2) is 29.6 Å². The standard InChI is InChI=1S/C14H17Cl2NO4/c1-2-3-4-11(14(19)20)17-13(18)8-21-12-6-5-9(15)7-10(12)16/h5-7,11H,2-4,8H2,1H3,(H,17,18)(H,19,20). The molecule has 1 atom stereocenters. The summed E-state index contributed by atoms with van der Waals surface area (Å²) in [6, 6.07) is 3.73. The normalized spacial score (nSPS) is 11.8. The van der Waals surface area contributed by atoms with Crippen molar-refractivity contribution in [3.05, 3.63) is 28.2 Å². The largest absolute Gasteiger partial charge is 0.482 e. The van der Waals surface area contributed by atoms with Gasteiger partial charge in [0.05, 0.1) is 5.02 Å². The van der Waals surface area contributed by atoms with Crippen molar-refractivity contribution in [2.75, 3.05) is 6.61 Å². The maximum Gasteiger partial charge on any atom is 0.326 e. The minimum atomic E-state index is -1.05. The van der Waals surface area contributed by atoms with E-state index in [0.717, 1.165) is 12.8 Å². The Kier molecular flexibility index (Phi) is 7.32. The van der Waals surface area contributed by atoms with Crippen LogP contribution in [0.4, 0.5) is 0 Å². The molecular formula is C14H17Cl2NO4. The highest BCUT2D eigenvalue weighted by atomic mass is 35.5. The first-order valence-electron chi connectivity index (χ1n) is 6.54. The van der Waals surface area contributed by atoms with Crippen molar-refractivity contribution in [2.45, 2.75) is 32.2 Å². The number of nitrogens with one attached hydrogen (secondary N) is 1. The van der Waals surface area contributed by atoms with E-state index in [0.29, 0.717) is 17.2 Å². The van der Waals surface area contributed by atoms with Crippen LogP contribution >= 0.6 is 23.2 Å². The summed E-state index contributed by atoms with van der Waals surface area (Å²) < 4.78 is 5.24. The van der Waals surface area contributed by atoms with E-state index in [2.05, 4.69) is 5.32 Å². The molecule has 1 aromatic carbocycles. The van der Waals surface area contributed by atoms with Gasteiger partial charge in [-0.15, -0.1) is 0 Å². The average molecular weight is 334 g/mol. The Morgan fingerprint density at radius 3 is 2.67 bits per heavy atom. The fraction of sp³-hybridized carbons (Fsp3) is 0.429. The van der Waals surface area contributed by atoms with Crippen LogP contribution in [0.3, 0.4) is 0 Å². The van der Waals surface area contributed by atoms with Crippen molar-refractivity contribution in [2.24, 2.45) is 0 Å². The van der Waals surface area contributed by atoms with Crippen LogP contribution in [-0.2, 0) is 9.59 Å². The Labute approximate surface area is 133 Å². The molecule has 0 fully saturated rings. The quantitative estimate of drug-likeness (QED) is 0.766. The average Bonchev–Trinajstić information content (AvgIpc) is 2.42. The molecule has 1 rings (SSSR count). The lowest BCUT2D eigenvalue weighted by Crippen LogP contribution is -2.42. The van der Waals surface area contributed by atoms with Crippen molar-refractivity contribution in [3.8, 4) is 5.75 Å². The van der Waals surface area contributed by atoms with Gasteiger partial charge in [-0.1, -0.05) is 43.0 Å². The van der Waals surface area contributed by atoms with Crippen LogP contribution in [0, 0.1) is 0 Å². The maximum atomic E-state index is 11.7. The number of ether oxygens (including phenoxy) is 1.